The number of nitrogens with one attached hydrogen (secondary N) is 1. The van der Waals surface area contributed by atoms with E-state index in [4.69, 9.17) is 0 Å². The molecule has 0 aromatic heterocycles. The number of rotatable bonds is 6. The predicted molar refractivity (Wildman–Crippen MR) is 79.5 cm³/mol. The van der Waals surface area contributed by atoms with Crippen molar-refractivity contribution in [3.8, 4) is 0 Å². The van der Waals surface area contributed by atoms with Gasteiger partial charge in [-0.15, -0.1) is 0 Å². The highest BCUT2D eigenvalue weighted by molar-refractivity contribution is 9.10. The Labute approximate surface area is 118 Å². The Morgan fingerprint density at radius 2 is 2.00 bits per heavy atom. The van der Waals surface area contributed by atoms with Crippen LogP contribution in [0.1, 0.15) is 39.7 Å². The highest BCUT2D eigenvalue weighted by Gasteiger charge is 2.20. The molecule has 0 bridgehead atoms. The van der Waals surface area contributed by atoms with Crippen LogP contribution in [-0.4, -0.2) is 13.1 Å². The molecule has 0 unspecified atom stereocenters. The van der Waals surface area contributed by atoms with E-state index in [0.29, 0.717) is 10.4 Å². The van der Waals surface area contributed by atoms with Gasteiger partial charge in [0.15, 0.2) is 0 Å². The van der Waals surface area contributed by atoms with E-state index in [1.165, 1.54) is 11.6 Å². The topological polar surface area (TPSA) is 12.0 Å². The van der Waals surface area contributed by atoms with Gasteiger partial charge in [0, 0.05) is 0 Å². The summed E-state index contributed by atoms with van der Waals surface area (Å²) in [6.45, 7) is 10.8. The van der Waals surface area contributed by atoms with Crippen LogP contribution in [0.15, 0.2) is 22.7 Å². The van der Waals surface area contributed by atoms with Gasteiger partial charge in [0.25, 0.3) is 0 Å². The average Bonchev–Trinajstić information content (AvgIpc) is 2.28. The van der Waals surface area contributed by atoms with Crippen LogP contribution in [0, 0.1) is 11.7 Å². The summed E-state index contributed by atoms with van der Waals surface area (Å²) in [5.74, 6) is 0.473. The van der Waals surface area contributed by atoms with E-state index in [9.17, 15) is 4.39 Å². The van der Waals surface area contributed by atoms with E-state index in [0.717, 1.165) is 19.5 Å². The van der Waals surface area contributed by atoms with Crippen molar-refractivity contribution in [2.75, 3.05) is 13.1 Å². The minimum atomic E-state index is -0.201. The molecular formula is C15H23BrFN. The predicted octanol–water partition coefficient (Wildman–Crippen LogP) is 4.50. The first-order chi connectivity index (χ1) is 8.33. The fraction of sp³-hybridized carbons (Fsp3) is 0.600. The van der Waals surface area contributed by atoms with Crippen LogP contribution in [0.3, 0.4) is 0 Å². The largest absolute Gasteiger partial charge is 0.316 e. The van der Waals surface area contributed by atoms with Crippen LogP contribution in [-0.2, 0) is 5.41 Å². The van der Waals surface area contributed by atoms with Gasteiger partial charge in [-0.05, 0) is 64.5 Å². The Morgan fingerprint density at radius 3 is 2.56 bits per heavy atom. The zero-order chi connectivity index (χ0) is 13.8. The van der Waals surface area contributed by atoms with Crippen molar-refractivity contribution >= 4 is 15.9 Å². The summed E-state index contributed by atoms with van der Waals surface area (Å²) in [5.41, 5.74) is 1.22. The van der Waals surface area contributed by atoms with E-state index < -0.39 is 0 Å². The number of halogens is 2. The van der Waals surface area contributed by atoms with E-state index >= 15 is 0 Å². The first-order valence-electron chi connectivity index (χ1n) is 6.49. The number of hydrogen-bond donors (Lipinski definition) is 1. The number of benzene rings is 1. The zero-order valence-electron chi connectivity index (χ0n) is 11.7. The molecule has 0 radical (unpaired) electrons. The van der Waals surface area contributed by atoms with Crippen molar-refractivity contribution < 1.29 is 4.39 Å². The van der Waals surface area contributed by atoms with Gasteiger partial charge in [0.05, 0.1) is 4.47 Å². The van der Waals surface area contributed by atoms with Crippen molar-refractivity contribution in [1.29, 1.82) is 0 Å². The van der Waals surface area contributed by atoms with Crippen LogP contribution in [0.2, 0.25) is 0 Å². The summed E-state index contributed by atoms with van der Waals surface area (Å²) in [6, 6.07) is 5.29. The lowest BCUT2D eigenvalue weighted by Crippen LogP contribution is -2.27. The van der Waals surface area contributed by atoms with Gasteiger partial charge in [0.2, 0.25) is 0 Å². The van der Waals surface area contributed by atoms with Crippen LogP contribution >= 0.6 is 15.9 Å². The molecule has 0 spiro atoms. The fourth-order valence-electron chi connectivity index (χ4n) is 1.85. The third kappa shape index (κ3) is 4.69. The SMILES string of the molecule is CC(C)CNCCC(C)(C)c1ccc(F)c(Br)c1. The minimum Gasteiger partial charge on any atom is -0.316 e. The molecule has 3 heteroatoms. The van der Waals surface area contributed by atoms with E-state index in [-0.39, 0.29) is 11.2 Å². The highest BCUT2D eigenvalue weighted by Crippen LogP contribution is 2.29. The first kappa shape index (κ1) is 15.6. The lowest BCUT2D eigenvalue weighted by molar-refractivity contribution is 0.441. The minimum absolute atomic E-state index is 0.0558. The van der Waals surface area contributed by atoms with Crippen LogP contribution in [0.4, 0.5) is 4.39 Å². The second-order valence-electron chi connectivity index (χ2n) is 5.86. The molecule has 0 aliphatic heterocycles. The molecule has 1 nitrogen and oxygen atoms in total. The molecule has 0 heterocycles. The van der Waals surface area contributed by atoms with Gasteiger partial charge in [-0.2, -0.15) is 0 Å². The Hall–Kier alpha value is -0.410. The second-order valence-corrected chi connectivity index (χ2v) is 6.72. The van der Waals surface area contributed by atoms with Crippen molar-refractivity contribution in [3.63, 3.8) is 0 Å². The lowest BCUT2D eigenvalue weighted by atomic mass is 9.81. The van der Waals surface area contributed by atoms with Crippen molar-refractivity contribution in [1.82, 2.24) is 5.32 Å². The molecule has 0 atom stereocenters. The highest BCUT2D eigenvalue weighted by atomic mass is 79.9. The van der Waals surface area contributed by atoms with Crippen molar-refractivity contribution in [2.24, 2.45) is 5.92 Å². The maximum atomic E-state index is 13.2. The monoisotopic (exact) mass is 315 g/mol. The van der Waals surface area contributed by atoms with E-state index in [2.05, 4.69) is 48.9 Å². The summed E-state index contributed by atoms with van der Waals surface area (Å²) < 4.78 is 13.8. The summed E-state index contributed by atoms with van der Waals surface area (Å²) in [5, 5.41) is 3.45. The normalized spacial score (nSPS) is 12.2. The molecule has 18 heavy (non-hydrogen) atoms. The fourth-order valence-corrected chi connectivity index (χ4v) is 2.23. The molecule has 0 aliphatic rings. The molecule has 0 fully saturated rings. The standard InChI is InChI=1S/C15H23BrFN/c1-11(2)10-18-8-7-15(3,4)12-5-6-14(17)13(16)9-12/h5-6,9,11,18H,7-8,10H2,1-4H3. The second kappa shape index (κ2) is 6.67. The van der Waals surface area contributed by atoms with Gasteiger partial charge in [0.1, 0.15) is 5.82 Å². The summed E-state index contributed by atoms with van der Waals surface area (Å²) >= 11 is 3.25. The Balaban J connectivity index is 2.59. The molecule has 0 amide bonds. The Bertz CT molecular complexity index is 388. The first-order valence-corrected chi connectivity index (χ1v) is 7.28. The molecule has 1 rings (SSSR count). The number of hydrogen-bond acceptors (Lipinski definition) is 1. The quantitative estimate of drug-likeness (QED) is 0.762. The molecular weight excluding hydrogens is 293 g/mol. The van der Waals surface area contributed by atoms with Crippen LogP contribution in [0.25, 0.3) is 0 Å². The third-order valence-corrected chi connectivity index (χ3v) is 3.79. The average molecular weight is 316 g/mol. The van der Waals surface area contributed by atoms with Gasteiger partial charge in [-0.25, -0.2) is 4.39 Å². The van der Waals surface area contributed by atoms with Crippen molar-refractivity contribution in [2.45, 2.75) is 39.5 Å². The maximum absolute atomic E-state index is 13.2. The van der Waals surface area contributed by atoms with Gasteiger partial charge < -0.3 is 5.32 Å². The lowest BCUT2D eigenvalue weighted by Gasteiger charge is -2.26. The summed E-state index contributed by atoms with van der Waals surface area (Å²) in [6.07, 6.45) is 1.04. The van der Waals surface area contributed by atoms with Crippen LogP contribution < -0.4 is 5.32 Å². The Morgan fingerprint density at radius 1 is 1.33 bits per heavy atom. The van der Waals surface area contributed by atoms with Crippen LogP contribution in [0.5, 0.6) is 0 Å². The summed E-state index contributed by atoms with van der Waals surface area (Å²) in [7, 11) is 0. The van der Waals surface area contributed by atoms with Gasteiger partial charge >= 0.3 is 0 Å². The van der Waals surface area contributed by atoms with Gasteiger partial charge in [-0.1, -0.05) is 33.8 Å². The molecule has 1 aromatic carbocycles. The molecule has 0 aliphatic carbocycles. The third-order valence-electron chi connectivity index (χ3n) is 3.18. The van der Waals surface area contributed by atoms with Gasteiger partial charge in [-0.3, -0.25) is 0 Å². The Kier molecular flexibility index (Phi) is 5.80. The molecule has 0 saturated carbocycles. The smallest absolute Gasteiger partial charge is 0.137 e. The molecule has 102 valence electrons. The molecule has 1 aromatic rings. The van der Waals surface area contributed by atoms with Crippen molar-refractivity contribution in [3.05, 3.63) is 34.1 Å². The maximum Gasteiger partial charge on any atom is 0.137 e. The molecule has 1 N–H and O–H groups in total. The van der Waals surface area contributed by atoms with E-state index in [1.54, 1.807) is 0 Å². The molecule has 0 saturated heterocycles. The summed E-state index contributed by atoms with van der Waals surface area (Å²) in [4.78, 5) is 0. The van der Waals surface area contributed by atoms with E-state index in [1.807, 2.05) is 12.1 Å². The zero-order valence-corrected chi connectivity index (χ0v) is 13.3.